The number of amides is 1. The summed E-state index contributed by atoms with van der Waals surface area (Å²) in [6, 6.07) is 11.1. The monoisotopic (exact) mass is 332 g/mol. The molecule has 0 bridgehead atoms. The summed E-state index contributed by atoms with van der Waals surface area (Å²) in [4.78, 5) is 13.9. The molecule has 1 aliphatic carbocycles. The maximum atomic E-state index is 12.5. The first-order chi connectivity index (χ1) is 11.2. The number of nitrogens with one attached hydrogen (secondary N) is 2. The van der Waals surface area contributed by atoms with Crippen LogP contribution in [0.4, 0.5) is 0 Å². The Morgan fingerprint density at radius 1 is 1.30 bits per heavy atom. The molecule has 2 fully saturated rings. The summed E-state index contributed by atoms with van der Waals surface area (Å²) in [5.41, 5.74) is 0. The maximum absolute atomic E-state index is 12.5. The molecule has 1 aliphatic heterocycles. The zero-order valence-corrected chi connectivity index (χ0v) is 14.8. The highest BCUT2D eigenvalue weighted by Crippen LogP contribution is 2.44. The van der Waals surface area contributed by atoms with Gasteiger partial charge in [0.1, 0.15) is 0 Å². The lowest BCUT2D eigenvalue weighted by Gasteiger charge is -2.31. The predicted octanol–water partition coefficient (Wildman–Crippen LogP) is 3.60. The van der Waals surface area contributed by atoms with E-state index in [-0.39, 0.29) is 16.6 Å². The van der Waals surface area contributed by atoms with Gasteiger partial charge in [-0.3, -0.25) is 4.79 Å². The lowest BCUT2D eigenvalue weighted by Crippen LogP contribution is -2.45. The minimum atomic E-state index is 0.187. The number of hydrogen-bond acceptors (Lipinski definition) is 3. The van der Waals surface area contributed by atoms with Crippen LogP contribution in [0.2, 0.25) is 0 Å². The molecule has 3 rings (SSSR count). The molecule has 0 radical (unpaired) electrons. The molecular weight excluding hydrogens is 304 g/mol. The Balaban J connectivity index is 1.58. The molecule has 126 valence electrons. The Kier molecular flexibility index (Phi) is 5.65. The second kappa shape index (κ2) is 7.71. The van der Waals surface area contributed by atoms with Gasteiger partial charge in [-0.05, 0) is 51.3 Å². The number of hydrogen-bond donors (Lipinski definition) is 2. The molecule has 1 heterocycles. The first-order valence-electron chi connectivity index (χ1n) is 8.92. The highest BCUT2D eigenvalue weighted by atomic mass is 32.2. The van der Waals surface area contributed by atoms with Crippen LogP contribution in [0.3, 0.4) is 0 Å². The lowest BCUT2D eigenvalue weighted by molar-refractivity contribution is -0.126. The van der Waals surface area contributed by atoms with Crippen molar-refractivity contribution in [1.82, 2.24) is 10.6 Å². The van der Waals surface area contributed by atoms with Crippen molar-refractivity contribution in [2.45, 2.75) is 61.1 Å². The van der Waals surface area contributed by atoms with E-state index < -0.39 is 0 Å². The smallest absolute Gasteiger partial charge is 0.223 e. The number of carbonyl (C=O) groups excluding carboxylic acids is 1. The fraction of sp³-hybridized carbons (Fsp3) is 0.632. The zero-order valence-electron chi connectivity index (χ0n) is 14.0. The van der Waals surface area contributed by atoms with Crippen LogP contribution in [0, 0.1) is 5.92 Å². The average molecular weight is 333 g/mol. The quantitative estimate of drug-likeness (QED) is 0.866. The minimum absolute atomic E-state index is 0.187. The van der Waals surface area contributed by atoms with Gasteiger partial charge in [0.25, 0.3) is 0 Å². The molecule has 4 heteroatoms. The summed E-state index contributed by atoms with van der Waals surface area (Å²) in [6.45, 7) is 3.94. The molecule has 1 amide bonds. The van der Waals surface area contributed by atoms with Gasteiger partial charge in [-0.15, -0.1) is 11.8 Å². The van der Waals surface area contributed by atoms with Crippen LogP contribution in [0.15, 0.2) is 35.2 Å². The fourth-order valence-electron chi connectivity index (χ4n) is 3.84. The normalized spacial score (nSPS) is 26.8. The van der Waals surface area contributed by atoms with E-state index in [1.54, 1.807) is 0 Å². The van der Waals surface area contributed by atoms with E-state index in [0.717, 1.165) is 25.9 Å². The third-order valence-electron chi connectivity index (χ3n) is 5.17. The van der Waals surface area contributed by atoms with Crippen LogP contribution in [-0.4, -0.2) is 29.8 Å². The Morgan fingerprint density at radius 3 is 2.74 bits per heavy atom. The number of carbonyl (C=O) groups is 1. The van der Waals surface area contributed by atoms with E-state index in [0.29, 0.717) is 6.04 Å². The van der Waals surface area contributed by atoms with Gasteiger partial charge in [-0.2, -0.15) is 0 Å². The van der Waals surface area contributed by atoms with Gasteiger partial charge in [-0.1, -0.05) is 31.0 Å². The van der Waals surface area contributed by atoms with E-state index in [9.17, 15) is 4.79 Å². The standard InChI is InChI=1S/C19H28N2OS/c1-15-13-16(9-12-20-15)18(22)21-14-19(10-5-6-11-19)23-17-7-3-2-4-8-17/h2-4,7-8,15-16,20H,5-6,9-14H2,1H3,(H,21,22)/t15-,16-/m0/s1. The van der Waals surface area contributed by atoms with Gasteiger partial charge in [0, 0.05) is 28.1 Å². The van der Waals surface area contributed by atoms with Gasteiger partial charge >= 0.3 is 0 Å². The van der Waals surface area contributed by atoms with Crippen LogP contribution < -0.4 is 10.6 Å². The number of thioether (sulfide) groups is 1. The van der Waals surface area contributed by atoms with Gasteiger partial charge in [0.05, 0.1) is 0 Å². The summed E-state index contributed by atoms with van der Waals surface area (Å²) in [5, 5.41) is 6.71. The van der Waals surface area contributed by atoms with Crippen molar-refractivity contribution >= 4 is 17.7 Å². The third-order valence-corrected chi connectivity index (χ3v) is 6.67. The summed E-state index contributed by atoms with van der Waals surface area (Å²) in [7, 11) is 0. The molecule has 0 unspecified atom stereocenters. The van der Waals surface area contributed by atoms with Crippen LogP contribution in [0.5, 0.6) is 0 Å². The summed E-state index contributed by atoms with van der Waals surface area (Å²) < 4.78 is 0.190. The summed E-state index contributed by atoms with van der Waals surface area (Å²) in [6.07, 6.45) is 6.89. The predicted molar refractivity (Wildman–Crippen MR) is 96.7 cm³/mol. The van der Waals surface area contributed by atoms with Crippen molar-refractivity contribution in [2.75, 3.05) is 13.1 Å². The van der Waals surface area contributed by atoms with Gasteiger partial charge < -0.3 is 10.6 Å². The number of piperidine rings is 1. The molecule has 1 aromatic carbocycles. The first kappa shape index (κ1) is 16.8. The molecular formula is C19H28N2OS. The zero-order chi connectivity index (χ0) is 16.1. The number of benzene rings is 1. The van der Waals surface area contributed by atoms with Crippen molar-refractivity contribution in [3.63, 3.8) is 0 Å². The topological polar surface area (TPSA) is 41.1 Å². The van der Waals surface area contributed by atoms with Crippen molar-refractivity contribution in [2.24, 2.45) is 5.92 Å². The van der Waals surface area contributed by atoms with Crippen LogP contribution >= 0.6 is 11.8 Å². The molecule has 0 aromatic heterocycles. The molecule has 0 spiro atoms. The second-order valence-corrected chi connectivity index (χ2v) is 8.64. The van der Waals surface area contributed by atoms with Gasteiger partial charge in [0.15, 0.2) is 0 Å². The highest BCUT2D eigenvalue weighted by Gasteiger charge is 2.36. The summed E-state index contributed by atoms with van der Waals surface area (Å²) >= 11 is 1.96. The van der Waals surface area contributed by atoms with Crippen molar-refractivity contribution < 1.29 is 4.79 Å². The molecule has 23 heavy (non-hydrogen) atoms. The molecule has 2 atom stereocenters. The van der Waals surface area contributed by atoms with Gasteiger partial charge in [-0.25, -0.2) is 0 Å². The first-order valence-corrected chi connectivity index (χ1v) is 9.74. The fourth-order valence-corrected chi connectivity index (χ4v) is 5.27. The van der Waals surface area contributed by atoms with Crippen LogP contribution in [-0.2, 0) is 4.79 Å². The van der Waals surface area contributed by atoms with Crippen LogP contribution in [0.1, 0.15) is 45.4 Å². The molecule has 3 nitrogen and oxygen atoms in total. The minimum Gasteiger partial charge on any atom is -0.354 e. The molecule has 1 saturated carbocycles. The average Bonchev–Trinajstić information content (AvgIpc) is 3.02. The lowest BCUT2D eigenvalue weighted by atomic mass is 9.92. The Morgan fingerprint density at radius 2 is 2.04 bits per heavy atom. The Bertz CT molecular complexity index is 513. The van der Waals surface area contributed by atoms with Crippen molar-refractivity contribution in [3.05, 3.63) is 30.3 Å². The van der Waals surface area contributed by atoms with E-state index in [4.69, 9.17) is 0 Å². The van der Waals surface area contributed by atoms with E-state index >= 15 is 0 Å². The van der Waals surface area contributed by atoms with Crippen LogP contribution in [0.25, 0.3) is 0 Å². The molecule has 2 aliphatic rings. The Labute approximate surface area is 144 Å². The van der Waals surface area contributed by atoms with Crippen molar-refractivity contribution in [3.8, 4) is 0 Å². The SMILES string of the molecule is C[C@H]1C[C@@H](C(=O)NCC2(Sc3ccccc3)CCCC2)CCN1. The van der Waals surface area contributed by atoms with E-state index in [1.165, 1.54) is 30.6 Å². The second-order valence-electron chi connectivity index (χ2n) is 7.10. The van der Waals surface area contributed by atoms with E-state index in [2.05, 4.69) is 47.9 Å². The Hall–Kier alpha value is -1.00. The molecule has 1 aromatic rings. The maximum Gasteiger partial charge on any atom is 0.223 e. The third kappa shape index (κ3) is 4.51. The summed E-state index contributed by atoms with van der Waals surface area (Å²) in [5.74, 6) is 0.449. The van der Waals surface area contributed by atoms with Crippen molar-refractivity contribution in [1.29, 1.82) is 0 Å². The van der Waals surface area contributed by atoms with Gasteiger partial charge in [0.2, 0.25) is 5.91 Å². The highest BCUT2D eigenvalue weighted by molar-refractivity contribution is 8.00. The van der Waals surface area contributed by atoms with E-state index in [1.807, 2.05) is 11.8 Å². The molecule has 2 N–H and O–H groups in total. The number of rotatable bonds is 5. The largest absolute Gasteiger partial charge is 0.354 e. The molecule has 1 saturated heterocycles.